The number of aliphatic hydroxyl groups excluding tert-OH is 1. The highest BCUT2D eigenvalue weighted by molar-refractivity contribution is 7.09. The molecule has 2 fully saturated rings. The Kier molecular flexibility index (Phi) is 5.99. The number of thiazole rings is 1. The summed E-state index contributed by atoms with van der Waals surface area (Å²) in [6.45, 7) is 5.91. The molecule has 2 aliphatic heterocycles. The Balaban J connectivity index is 1.47. The molecule has 3 heterocycles. The lowest BCUT2D eigenvalue weighted by Gasteiger charge is -2.43. The molecule has 1 N–H and O–H groups in total. The molecule has 5 nitrogen and oxygen atoms in total. The summed E-state index contributed by atoms with van der Waals surface area (Å²) in [5, 5.41) is 19.1. The molecule has 1 spiro atoms. The van der Waals surface area contributed by atoms with E-state index in [0.717, 1.165) is 44.2 Å². The normalized spacial score (nSPS) is 21.5. The molecule has 4 rings (SSSR count). The van der Waals surface area contributed by atoms with E-state index in [1.165, 1.54) is 10.9 Å². The maximum atomic E-state index is 13.3. The molecule has 0 radical (unpaired) electrons. The van der Waals surface area contributed by atoms with Crippen LogP contribution in [0.5, 0.6) is 0 Å². The number of likely N-dealkylation sites (tertiary alicyclic amines) is 1. The lowest BCUT2D eigenvalue weighted by Crippen LogP contribution is -2.45. The topological polar surface area (TPSA) is 63.4 Å². The Labute approximate surface area is 183 Å². The molecule has 0 saturated carbocycles. The van der Waals surface area contributed by atoms with E-state index < -0.39 is 11.7 Å². The van der Waals surface area contributed by atoms with Gasteiger partial charge in [-0.1, -0.05) is 0 Å². The monoisotopic (exact) mass is 450 g/mol. The number of aliphatic hydroxyl groups is 1. The molecular weight excluding hydrogens is 425 g/mol. The number of halogens is 3. The van der Waals surface area contributed by atoms with Crippen molar-refractivity contribution >= 4 is 17.0 Å². The first-order chi connectivity index (χ1) is 14.8. The summed E-state index contributed by atoms with van der Waals surface area (Å²) in [5.74, 6) is 0.162. The molecule has 1 unspecified atom stereocenters. The van der Waals surface area contributed by atoms with Crippen LogP contribution in [-0.4, -0.2) is 47.8 Å². The zero-order chi connectivity index (χ0) is 22.2. The third-order valence-electron chi connectivity index (χ3n) is 6.87. The van der Waals surface area contributed by atoms with E-state index in [4.69, 9.17) is 5.26 Å². The number of aromatic nitrogens is 1. The van der Waals surface area contributed by atoms with E-state index in [9.17, 15) is 18.3 Å². The minimum Gasteiger partial charge on any atom is -0.396 e. The van der Waals surface area contributed by atoms with Gasteiger partial charge in [-0.3, -0.25) is 4.90 Å². The molecule has 0 aliphatic carbocycles. The second-order valence-electron chi connectivity index (χ2n) is 8.60. The van der Waals surface area contributed by atoms with E-state index in [1.807, 2.05) is 17.3 Å². The number of alkyl halides is 3. The first kappa shape index (κ1) is 22.1. The Bertz CT molecular complexity index is 976. The second-order valence-corrected chi connectivity index (χ2v) is 9.54. The van der Waals surface area contributed by atoms with Gasteiger partial charge in [-0.15, -0.1) is 11.3 Å². The van der Waals surface area contributed by atoms with Crippen LogP contribution >= 0.6 is 11.3 Å². The lowest BCUT2D eigenvalue weighted by atomic mass is 9.71. The van der Waals surface area contributed by atoms with Crippen molar-refractivity contribution in [3.05, 3.63) is 45.4 Å². The van der Waals surface area contributed by atoms with Crippen molar-refractivity contribution in [1.82, 2.24) is 9.88 Å². The van der Waals surface area contributed by atoms with Crippen LogP contribution in [0.25, 0.3) is 0 Å². The highest BCUT2D eigenvalue weighted by Crippen LogP contribution is 2.46. The first-order valence-electron chi connectivity index (χ1n) is 10.3. The molecule has 1 atom stereocenters. The van der Waals surface area contributed by atoms with Gasteiger partial charge in [0.15, 0.2) is 0 Å². The minimum absolute atomic E-state index is 0.0245. The van der Waals surface area contributed by atoms with Gasteiger partial charge in [0.2, 0.25) is 0 Å². The number of rotatable bonds is 4. The zero-order valence-corrected chi connectivity index (χ0v) is 18.1. The van der Waals surface area contributed by atoms with Crippen LogP contribution in [0.15, 0.2) is 23.7 Å². The van der Waals surface area contributed by atoms with Crippen molar-refractivity contribution in [2.45, 2.75) is 32.5 Å². The molecule has 2 aromatic rings. The Morgan fingerprint density at radius 2 is 2.06 bits per heavy atom. The number of anilines is 1. The molecule has 0 amide bonds. The van der Waals surface area contributed by atoms with Crippen LogP contribution in [0.1, 0.15) is 34.5 Å². The third-order valence-corrected chi connectivity index (χ3v) is 7.79. The van der Waals surface area contributed by atoms with Crippen molar-refractivity contribution in [3.8, 4) is 6.07 Å². The van der Waals surface area contributed by atoms with Gasteiger partial charge >= 0.3 is 6.18 Å². The summed E-state index contributed by atoms with van der Waals surface area (Å²) in [6, 6.07) is 5.59. The number of hydrogen-bond donors (Lipinski definition) is 1. The molecule has 2 aliphatic rings. The standard InChI is InChI=1S/C22H25F3N4OS/c1-15-20(31-14-27-15)11-28-10-17(12-30)21(13-28)4-6-29(7-5-21)18-3-2-16(9-26)19(8-18)22(23,24)25/h2-3,8,14,17,30H,4-7,10-13H2,1H3. The third kappa shape index (κ3) is 4.29. The van der Waals surface area contributed by atoms with Crippen molar-refractivity contribution < 1.29 is 18.3 Å². The van der Waals surface area contributed by atoms with Crippen LogP contribution in [0.2, 0.25) is 0 Å². The summed E-state index contributed by atoms with van der Waals surface area (Å²) in [4.78, 5) is 9.90. The second kappa shape index (κ2) is 8.41. The summed E-state index contributed by atoms with van der Waals surface area (Å²) in [5.41, 5.74) is 2.14. The average Bonchev–Trinajstić information content (AvgIpc) is 3.30. The SMILES string of the molecule is Cc1ncsc1CN1CC(CO)C2(CCN(c3ccc(C#N)c(C(F)(F)F)c3)CC2)C1. The smallest absolute Gasteiger partial charge is 0.396 e. The van der Waals surface area contributed by atoms with Crippen molar-refractivity contribution in [1.29, 1.82) is 5.26 Å². The Hall–Kier alpha value is -2.15. The molecule has 166 valence electrons. The van der Waals surface area contributed by atoms with Gasteiger partial charge in [-0.2, -0.15) is 18.4 Å². The maximum Gasteiger partial charge on any atom is 0.417 e. The number of nitrogens with zero attached hydrogens (tertiary/aromatic N) is 4. The Morgan fingerprint density at radius 3 is 2.65 bits per heavy atom. The van der Waals surface area contributed by atoms with Gasteiger partial charge in [-0.25, -0.2) is 4.98 Å². The van der Waals surface area contributed by atoms with Crippen LogP contribution in [0.4, 0.5) is 18.9 Å². The first-order valence-corrected chi connectivity index (χ1v) is 11.2. The van der Waals surface area contributed by atoms with E-state index in [0.29, 0.717) is 18.8 Å². The summed E-state index contributed by atoms with van der Waals surface area (Å²) >= 11 is 1.65. The largest absolute Gasteiger partial charge is 0.417 e. The van der Waals surface area contributed by atoms with Gasteiger partial charge in [-0.05, 0) is 43.4 Å². The molecule has 0 bridgehead atoms. The number of piperidine rings is 1. The number of aryl methyl sites for hydroxylation is 1. The van der Waals surface area contributed by atoms with Crippen molar-refractivity contribution in [2.24, 2.45) is 11.3 Å². The van der Waals surface area contributed by atoms with E-state index in [2.05, 4.69) is 9.88 Å². The number of hydrogen-bond acceptors (Lipinski definition) is 6. The molecule has 1 aromatic heterocycles. The maximum absolute atomic E-state index is 13.3. The van der Waals surface area contributed by atoms with Crippen LogP contribution in [-0.2, 0) is 12.7 Å². The molecular formula is C22H25F3N4OS. The average molecular weight is 451 g/mol. The fraction of sp³-hybridized carbons (Fsp3) is 0.545. The van der Waals surface area contributed by atoms with Gasteiger partial charge in [0.05, 0.1) is 28.4 Å². The molecule has 2 saturated heterocycles. The molecule has 9 heteroatoms. The van der Waals surface area contributed by atoms with Crippen LogP contribution in [0.3, 0.4) is 0 Å². The predicted octanol–water partition coefficient (Wildman–Crippen LogP) is 4.05. The fourth-order valence-corrected chi connectivity index (χ4v) is 5.85. The minimum atomic E-state index is -4.55. The summed E-state index contributed by atoms with van der Waals surface area (Å²) in [6.07, 6.45) is -2.92. The molecule has 1 aromatic carbocycles. The lowest BCUT2D eigenvalue weighted by molar-refractivity contribution is -0.137. The van der Waals surface area contributed by atoms with Gasteiger partial charge < -0.3 is 10.0 Å². The van der Waals surface area contributed by atoms with E-state index in [1.54, 1.807) is 23.5 Å². The number of benzene rings is 1. The van der Waals surface area contributed by atoms with Crippen LogP contribution in [0, 0.1) is 29.6 Å². The zero-order valence-electron chi connectivity index (χ0n) is 17.3. The van der Waals surface area contributed by atoms with E-state index in [-0.39, 0.29) is 23.5 Å². The summed E-state index contributed by atoms with van der Waals surface area (Å²) < 4.78 is 40.0. The quantitative estimate of drug-likeness (QED) is 0.761. The Morgan fingerprint density at radius 1 is 1.32 bits per heavy atom. The van der Waals surface area contributed by atoms with E-state index >= 15 is 0 Å². The summed E-state index contributed by atoms with van der Waals surface area (Å²) in [7, 11) is 0. The highest BCUT2D eigenvalue weighted by Gasteiger charge is 2.47. The fourth-order valence-electron chi connectivity index (χ4n) is 5.03. The number of nitriles is 1. The van der Waals surface area contributed by atoms with Gasteiger partial charge in [0.25, 0.3) is 0 Å². The van der Waals surface area contributed by atoms with Gasteiger partial charge in [0.1, 0.15) is 0 Å². The van der Waals surface area contributed by atoms with Crippen molar-refractivity contribution in [2.75, 3.05) is 37.7 Å². The predicted molar refractivity (Wildman–Crippen MR) is 113 cm³/mol. The molecule has 31 heavy (non-hydrogen) atoms. The highest BCUT2D eigenvalue weighted by atomic mass is 32.1. The van der Waals surface area contributed by atoms with Crippen LogP contribution < -0.4 is 4.90 Å². The van der Waals surface area contributed by atoms with Crippen molar-refractivity contribution in [3.63, 3.8) is 0 Å². The van der Waals surface area contributed by atoms with Gasteiger partial charge in [0, 0.05) is 55.8 Å².